The molecular formula is C25H21N5O3. The van der Waals surface area contributed by atoms with E-state index in [2.05, 4.69) is 32.2 Å². The van der Waals surface area contributed by atoms with Gasteiger partial charge in [0.15, 0.2) is 6.10 Å². The van der Waals surface area contributed by atoms with E-state index in [1.807, 2.05) is 42.6 Å². The maximum absolute atomic E-state index is 11.7. The molecule has 3 aromatic heterocycles. The monoisotopic (exact) mass is 439 g/mol. The Bertz CT molecular complexity index is 1350. The van der Waals surface area contributed by atoms with Crippen LogP contribution >= 0.6 is 0 Å². The number of carbonyl (C=O) groups is 1. The van der Waals surface area contributed by atoms with Crippen LogP contribution in [0, 0.1) is 0 Å². The van der Waals surface area contributed by atoms with E-state index in [0.29, 0.717) is 30.2 Å². The van der Waals surface area contributed by atoms with Crippen LogP contribution < -0.4 is 14.8 Å². The maximum Gasteiger partial charge on any atom is 0.225 e. The normalized spacial score (nSPS) is 18.8. The van der Waals surface area contributed by atoms with Gasteiger partial charge in [-0.1, -0.05) is 6.92 Å². The summed E-state index contributed by atoms with van der Waals surface area (Å²) in [5, 5.41) is 2.81. The topological polar surface area (TPSA) is 102 Å². The molecule has 0 fully saturated rings. The highest BCUT2D eigenvalue weighted by molar-refractivity contribution is 5.93. The molecule has 2 N–H and O–H groups in total. The fourth-order valence-corrected chi connectivity index (χ4v) is 4.39. The molecule has 0 bridgehead atoms. The number of H-pyrrole nitrogens is 1. The third kappa shape index (κ3) is 3.49. The van der Waals surface area contributed by atoms with Gasteiger partial charge in [-0.25, -0.2) is 9.97 Å². The van der Waals surface area contributed by atoms with Crippen LogP contribution in [0.5, 0.6) is 17.2 Å². The molecule has 1 aromatic carbocycles. The van der Waals surface area contributed by atoms with Gasteiger partial charge < -0.3 is 19.8 Å². The molecule has 0 spiro atoms. The Morgan fingerprint density at radius 2 is 1.94 bits per heavy atom. The Balaban J connectivity index is 1.25. The summed E-state index contributed by atoms with van der Waals surface area (Å²) in [6.45, 7) is 2.12. The fraction of sp³-hybridized carbons (Fsp3) is 0.200. The SMILES string of the molecule is CC1c2cc(Oc3ccnc4c3CCC(=O)N4)ccc2OC1c1ncc(-c2ccncc2)[nH]1. The molecule has 6 rings (SSSR count). The number of pyridine rings is 2. The van der Waals surface area contributed by atoms with Crippen LogP contribution in [-0.2, 0) is 11.2 Å². The van der Waals surface area contributed by atoms with Crippen LogP contribution in [0.4, 0.5) is 5.82 Å². The zero-order chi connectivity index (χ0) is 22.4. The van der Waals surface area contributed by atoms with Crippen molar-refractivity contribution in [3.63, 3.8) is 0 Å². The minimum absolute atomic E-state index is 0.0216. The van der Waals surface area contributed by atoms with Gasteiger partial charge in [0, 0.05) is 47.6 Å². The lowest BCUT2D eigenvalue weighted by atomic mass is 9.97. The van der Waals surface area contributed by atoms with E-state index in [4.69, 9.17) is 9.47 Å². The number of nitrogens with one attached hydrogen (secondary N) is 2. The number of anilines is 1. The summed E-state index contributed by atoms with van der Waals surface area (Å²) in [5.41, 5.74) is 3.94. The van der Waals surface area contributed by atoms with E-state index in [9.17, 15) is 4.79 Å². The second-order valence-electron chi connectivity index (χ2n) is 8.23. The number of hydrogen-bond donors (Lipinski definition) is 2. The fourth-order valence-electron chi connectivity index (χ4n) is 4.39. The van der Waals surface area contributed by atoms with Gasteiger partial charge in [-0.3, -0.25) is 9.78 Å². The molecule has 0 aliphatic carbocycles. The molecule has 164 valence electrons. The van der Waals surface area contributed by atoms with Crippen molar-refractivity contribution < 1.29 is 14.3 Å². The van der Waals surface area contributed by atoms with Gasteiger partial charge in [-0.15, -0.1) is 0 Å². The van der Waals surface area contributed by atoms with Crippen molar-refractivity contribution >= 4 is 11.7 Å². The first-order chi connectivity index (χ1) is 16.2. The van der Waals surface area contributed by atoms with Crippen molar-refractivity contribution in [2.75, 3.05) is 5.32 Å². The molecule has 2 aliphatic rings. The summed E-state index contributed by atoms with van der Waals surface area (Å²) in [6, 6.07) is 11.6. The Hall–Kier alpha value is -4.20. The number of amides is 1. The number of aromatic nitrogens is 4. The summed E-state index contributed by atoms with van der Waals surface area (Å²) in [7, 11) is 0. The number of rotatable bonds is 4. The van der Waals surface area contributed by atoms with Gasteiger partial charge in [-0.2, -0.15) is 0 Å². The number of aromatic amines is 1. The van der Waals surface area contributed by atoms with Gasteiger partial charge in [0.25, 0.3) is 0 Å². The van der Waals surface area contributed by atoms with Crippen molar-refractivity contribution in [1.82, 2.24) is 19.9 Å². The standard InChI is InChI=1S/C25H21N5O3/c1-14-18-12-16(32-21-8-11-27-24-17(21)3-5-22(31)30-24)2-4-20(18)33-23(14)25-28-13-19(29-25)15-6-9-26-10-7-15/h2,4,6-14,23H,3,5H2,1H3,(H,28,29)(H,27,30,31). The lowest BCUT2D eigenvalue weighted by Crippen LogP contribution is -2.20. The molecule has 4 aromatic rings. The Morgan fingerprint density at radius 1 is 1.06 bits per heavy atom. The molecule has 2 aliphatic heterocycles. The zero-order valence-electron chi connectivity index (χ0n) is 17.9. The quantitative estimate of drug-likeness (QED) is 0.474. The van der Waals surface area contributed by atoms with Crippen molar-refractivity contribution in [2.45, 2.75) is 31.8 Å². The summed E-state index contributed by atoms with van der Waals surface area (Å²) in [4.78, 5) is 28.0. The molecule has 5 heterocycles. The van der Waals surface area contributed by atoms with Gasteiger partial charge in [0.2, 0.25) is 5.91 Å². The van der Waals surface area contributed by atoms with E-state index < -0.39 is 0 Å². The van der Waals surface area contributed by atoms with Gasteiger partial charge >= 0.3 is 0 Å². The molecule has 33 heavy (non-hydrogen) atoms. The van der Waals surface area contributed by atoms with E-state index in [1.165, 1.54) is 0 Å². The number of hydrogen-bond acceptors (Lipinski definition) is 6. The molecule has 8 heteroatoms. The first kappa shape index (κ1) is 19.5. The van der Waals surface area contributed by atoms with E-state index in [1.54, 1.807) is 18.6 Å². The van der Waals surface area contributed by atoms with Gasteiger partial charge in [-0.05, 0) is 42.8 Å². The lowest BCUT2D eigenvalue weighted by molar-refractivity contribution is -0.116. The molecule has 1 amide bonds. The van der Waals surface area contributed by atoms with Crippen LogP contribution in [0.2, 0.25) is 0 Å². The zero-order valence-corrected chi connectivity index (χ0v) is 17.9. The van der Waals surface area contributed by atoms with E-state index in [-0.39, 0.29) is 17.9 Å². The predicted octanol–water partition coefficient (Wildman–Crippen LogP) is 4.78. The van der Waals surface area contributed by atoms with Crippen LogP contribution in [-0.4, -0.2) is 25.8 Å². The molecule has 0 saturated carbocycles. The van der Waals surface area contributed by atoms with Crippen LogP contribution in [0.15, 0.2) is 61.2 Å². The number of imidazole rings is 1. The second kappa shape index (κ2) is 7.74. The van der Waals surface area contributed by atoms with Crippen molar-refractivity contribution in [2.24, 2.45) is 0 Å². The highest BCUT2D eigenvalue weighted by atomic mass is 16.5. The highest BCUT2D eigenvalue weighted by Gasteiger charge is 2.35. The minimum atomic E-state index is -0.213. The Kier molecular flexibility index (Phi) is 4.57. The summed E-state index contributed by atoms with van der Waals surface area (Å²) in [5.74, 6) is 3.67. The first-order valence-electron chi connectivity index (χ1n) is 10.9. The third-order valence-corrected chi connectivity index (χ3v) is 6.14. The minimum Gasteiger partial charge on any atom is -0.482 e. The van der Waals surface area contributed by atoms with Crippen molar-refractivity contribution in [3.8, 4) is 28.5 Å². The summed E-state index contributed by atoms with van der Waals surface area (Å²) >= 11 is 0. The summed E-state index contributed by atoms with van der Waals surface area (Å²) < 4.78 is 12.5. The summed E-state index contributed by atoms with van der Waals surface area (Å²) in [6.07, 6.45) is 7.81. The molecule has 0 radical (unpaired) electrons. The molecule has 8 nitrogen and oxygen atoms in total. The van der Waals surface area contributed by atoms with Gasteiger partial charge in [0.05, 0.1) is 11.9 Å². The van der Waals surface area contributed by atoms with Gasteiger partial charge in [0.1, 0.15) is 28.9 Å². The number of ether oxygens (including phenoxy) is 2. The maximum atomic E-state index is 11.7. The smallest absolute Gasteiger partial charge is 0.225 e. The lowest BCUT2D eigenvalue weighted by Gasteiger charge is -2.19. The molecule has 2 atom stereocenters. The predicted molar refractivity (Wildman–Crippen MR) is 121 cm³/mol. The number of nitrogens with zero attached hydrogens (tertiary/aromatic N) is 3. The molecular weight excluding hydrogens is 418 g/mol. The van der Waals surface area contributed by atoms with Crippen LogP contribution in [0.1, 0.15) is 42.3 Å². The number of carbonyl (C=O) groups excluding carboxylic acids is 1. The van der Waals surface area contributed by atoms with Crippen molar-refractivity contribution in [3.05, 3.63) is 78.1 Å². The van der Waals surface area contributed by atoms with E-state index in [0.717, 1.165) is 34.0 Å². The third-order valence-electron chi connectivity index (χ3n) is 6.14. The largest absolute Gasteiger partial charge is 0.482 e. The van der Waals surface area contributed by atoms with Crippen LogP contribution in [0.25, 0.3) is 11.3 Å². The van der Waals surface area contributed by atoms with E-state index >= 15 is 0 Å². The molecule has 0 saturated heterocycles. The van der Waals surface area contributed by atoms with Crippen LogP contribution in [0.3, 0.4) is 0 Å². The Morgan fingerprint density at radius 3 is 2.82 bits per heavy atom. The highest BCUT2D eigenvalue weighted by Crippen LogP contribution is 2.47. The second-order valence-corrected chi connectivity index (χ2v) is 8.23. The first-order valence-corrected chi connectivity index (χ1v) is 10.9. The number of fused-ring (bicyclic) bond motifs is 2. The van der Waals surface area contributed by atoms with Crippen molar-refractivity contribution in [1.29, 1.82) is 0 Å². The average molecular weight is 439 g/mol. The number of benzene rings is 1. The molecule has 2 unspecified atom stereocenters. The Labute approximate surface area is 190 Å². The average Bonchev–Trinajstić information content (AvgIpc) is 3.45.